The van der Waals surface area contributed by atoms with Gasteiger partial charge in [0.15, 0.2) is 0 Å². The lowest BCUT2D eigenvalue weighted by molar-refractivity contribution is 0.212. The van der Waals surface area contributed by atoms with E-state index in [9.17, 15) is 0 Å². The van der Waals surface area contributed by atoms with Gasteiger partial charge in [-0.25, -0.2) is 0 Å². The number of rotatable bonds is 8. The van der Waals surface area contributed by atoms with Crippen molar-refractivity contribution in [3.8, 4) is 0 Å². The highest BCUT2D eigenvalue weighted by molar-refractivity contribution is 5.81. The molecule has 0 saturated heterocycles. The minimum Gasteiger partial charge on any atom is -0.399 e. The molecule has 3 heteroatoms. The zero-order chi connectivity index (χ0) is 13.1. The number of nitrogens with zero attached hydrogens (tertiary/aromatic N) is 1. The highest BCUT2D eigenvalue weighted by atomic mass is 16.6. The van der Waals surface area contributed by atoms with Gasteiger partial charge in [0.25, 0.3) is 0 Å². The maximum absolute atomic E-state index is 5.45. The van der Waals surface area contributed by atoms with E-state index >= 15 is 0 Å². The fourth-order valence-electron chi connectivity index (χ4n) is 1.53. The van der Waals surface area contributed by atoms with E-state index in [0.29, 0.717) is 6.54 Å². The van der Waals surface area contributed by atoms with Crippen molar-refractivity contribution in [3.63, 3.8) is 0 Å². The van der Waals surface area contributed by atoms with Crippen LogP contribution >= 0.6 is 0 Å². The van der Waals surface area contributed by atoms with Crippen molar-refractivity contribution in [1.29, 1.82) is 0 Å². The molecular weight excluding hydrogens is 212 g/mol. The molecule has 0 aromatic rings. The molecule has 0 fully saturated rings. The normalized spacial score (nSPS) is 14.1. The lowest BCUT2D eigenvalue weighted by atomic mass is 10.1. The summed E-state index contributed by atoms with van der Waals surface area (Å²) in [4.78, 5) is 4.72. The smallest absolute Gasteiger partial charge is 0.106 e. The minimum absolute atomic E-state index is 0.640. The van der Waals surface area contributed by atoms with Crippen LogP contribution in [-0.4, -0.2) is 19.4 Å². The van der Waals surface area contributed by atoms with Crippen LogP contribution in [-0.2, 0) is 4.84 Å². The van der Waals surface area contributed by atoms with E-state index in [1.54, 1.807) is 7.11 Å². The van der Waals surface area contributed by atoms with Crippen LogP contribution in [0.4, 0.5) is 0 Å². The quantitative estimate of drug-likeness (QED) is 0.400. The molecule has 0 unspecified atom stereocenters. The predicted octanol–water partition coefficient (Wildman–Crippen LogP) is 3.42. The van der Waals surface area contributed by atoms with E-state index in [-0.39, 0.29) is 0 Å². The summed E-state index contributed by atoms with van der Waals surface area (Å²) in [5, 5.41) is 3.90. The zero-order valence-electron chi connectivity index (χ0n) is 11.6. The van der Waals surface area contributed by atoms with Crippen molar-refractivity contribution in [2.75, 3.05) is 13.7 Å². The molecule has 3 nitrogen and oxygen atoms in total. The van der Waals surface area contributed by atoms with E-state index in [0.717, 1.165) is 31.4 Å². The molecule has 98 valence electrons. The molecule has 0 spiro atoms. The monoisotopic (exact) mass is 238 g/mol. The number of allylic oxidation sites excluding steroid dienone is 3. The predicted molar refractivity (Wildman–Crippen MR) is 75.2 cm³/mol. The van der Waals surface area contributed by atoms with Crippen LogP contribution in [0.15, 0.2) is 28.5 Å². The summed E-state index contributed by atoms with van der Waals surface area (Å²) in [7, 11) is 1.58. The molecule has 0 aromatic carbocycles. The number of nitrogens with two attached hydrogens (primary N) is 1. The topological polar surface area (TPSA) is 47.6 Å². The fourth-order valence-corrected chi connectivity index (χ4v) is 1.53. The number of hydrogen-bond acceptors (Lipinski definition) is 3. The van der Waals surface area contributed by atoms with Crippen molar-refractivity contribution < 1.29 is 4.84 Å². The summed E-state index contributed by atoms with van der Waals surface area (Å²) < 4.78 is 0. The second-order valence-corrected chi connectivity index (χ2v) is 4.38. The fraction of sp³-hybridized carbons (Fsp3) is 0.643. The van der Waals surface area contributed by atoms with Crippen LogP contribution in [0.25, 0.3) is 0 Å². The van der Waals surface area contributed by atoms with Crippen LogP contribution in [0.3, 0.4) is 0 Å². The summed E-state index contributed by atoms with van der Waals surface area (Å²) in [6, 6.07) is 0. The van der Waals surface area contributed by atoms with Crippen molar-refractivity contribution in [1.82, 2.24) is 0 Å². The van der Waals surface area contributed by atoms with Gasteiger partial charge in [-0.15, -0.1) is 0 Å². The van der Waals surface area contributed by atoms with Gasteiger partial charge in [-0.05, 0) is 46.5 Å². The molecule has 0 bridgehead atoms. The molecule has 0 atom stereocenters. The Morgan fingerprint density at radius 3 is 2.29 bits per heavy atom. The first-order valence-corrected chi connectivity index (χ1v) is 6.18. The second kappa shape index (κ2) is 10.1. The maximum atomic E-state index is 5.45. The van der Waals surface area contributed by atoms with Crippen LogP contribution in [0, 0.1) is 0 Å². The zero-order valence-corrected chi connectivity index (χ0v) is 11.6. The lowest BCUT2D eigenvalue weighted by Gasteiger charge is -2.02. The largest absolute Gasteiger partial charge is 0.399 e. The van der Waals surface area contributed by atoms with Gasteiger partial charge < -0.3 is 10.6 Å². The Labute approximate surface area is 105 Å². The molecule has 0 aromatic heterocycles. The molecule has 0 radical (unpaired) electrons. The van der Waals surface area contributed by atoms with Gasteiger partial charge in [0.1, 0.15) is 7.11 Å². The van der Waals surface area contributed by atoms with Gasteiger partial charge in [0.2, 0.25) is 0 Å². The van der Waals surface area contributed by atoms with E-state index in [2.05, 4.69) is 31.2 Å². The SMILES string of the molecule is CO/N=C(\C)CC/C(C)=C/CC/C(C)=C/CN. The van der Waals surface area contributed by atoms with E-state index in [4.69, 9.17) is 10.6 Å². The van der Waals surface area contributed by atoms with Crippen molar-refractivity contribution in [2.24, 2.45) is 10.9 Å². The summed E-state index contributed by atoms with van der Waals surface area (Å²) >= 11 is 0. The molecule has 0 aliphatic heterocycles. The van der Waals surface area contributed by atoms with E-state index < -0.39 is 0 Å². The summed E-state index contributed by atoms with van der Waals surface area (Å²) in [5.74, 6) is 0. The number of hydrogen-bond donors (Lipinski definition) is 1. The average Bonchev–Trinajstić information content (AvgIpc) is 2.27. The molecule has 0 aliphatic rings. The average molecular weight is 238 g/mol. The van der Waals surface area contributed by atoms with Crippen LogP contribution < -0.4 is 5.73 Å². The van der Waals surface area contributed by atoms with Crippen molar-refractivity contribution in [2.45, 2.75) is 46.5 Å². The second-order valence-electron chi connectivity index (χ2n) is 4.38. The van der Waals surface area contributed by atoms with Crippen LogP contribution in [0.1, 0.15) is 46.5 Å². The Bertz CT molecular complexity index is 291. The molecule has 0 rings (SSSR count). The summed E-state index contributed by atoms with van der Waals surface area (Å²) in [6.45, 7) is 6.93. The van der Waals surface area contributed by atoms with E-state index in [1.807, 2.05) is 6.92 Å². The van der Waals surface area contributed by atoms with Crippen molar-refractivity contribution in [3.05, 3.63) is 23.3 Å². The first kappa shape index (κ1) is 15.9. The van der Waals surface area contributed by atoms with Crippen LogP contribution in [0.5, 0.6) is 0 Å². The number of oxime groups is 1. The van der Waals surface area contributed by atoms with Gasteiger partial charge >= 0.3 is 0 Å². The Balaban J connectivity index is 3.87. The Kier molecular flexibility index (Phi) is 9.44. The third kappa shape index (κ3) is 9.82. The molecule has 0 aliphatic carbocycles. The molecule has 0 heterocycles. The van der Waals surface area contributed by atoms with Gasteiger partial charge in [0, 0.05) is 6.54 Å². The lowest BCUT2D eigenvalue weighted by Crippen LogP contribution is -1.94. The highest BCUT2D eigenvalue weighted by Gasteiger charge is 1.95. The standard InChI is InChI=1S/C14H26N2O/c1-12(8-9-14(3)16-17-4)6-5-7-13(2)10-11-15/h6,10H,5,7-9,11,15H2,1-4H3/b12-6+,13-10+,16-14+. The molecule has 0 amide bonds. The third-order valence-electron chi connectivity index (χ3n) is 2.63. The molecule has 0 saturated carbocycles. The molecular formula is C14H26N2O. The Hall–Kier alpha value is -1.09. The highest BCUT2D eigenvalue weighted by Crippen LogP contribution is 2.10. The van der Waals surface area contributed by atoms with Gasteiger partial charge in [-0.3, -0.25) is 0 Å². The first-order valence-electron chi connectivity index (χ1n) is 6.18. The third-order valence-corrected chi connectivity index (χ3v) is 2.63. The van der Waals surface area contributed by atoms with Gasteiger partial charge in [-0.2, -0.15) is 0 Å². The molecule has 2 N–H and O–H groups in total. The van der Waals surface area contributed by atoms with Gasteiger partial charge in [0.05, 0.1) is 5.71 Å². The molecule has 17 heavy (non-hydrogen) atoms. The van der Waals surface area contributed by atoms with Crippen LogP contribution in [0.2, 0.25) is 0 Å². The first-order chi connectivity index (χ1) is 8.10. The minimum atomic E-state index is 0.640. The Morgan fingerprint density at radius 1 is 1.06 bits per heavy atom. The summed E-state index contributed by atoms with van der Waals surface area (Å²) in [6.07, 6.45) is 8.59. The van der Waals surface area contributed by atoms with E-state index in [1.165, 1.54) is 11.1 Å². The summed E-state index contributed by atoms with van der Waals surface area (Å²) in [5.41, 5.74) is 9.28. The Morgan fingerprint density at radius 2 is 1.71 bits per heavy atom. The van der Waals surface area contributed by atoms with Crippen molar-refractivity contribution >= 4 is 5.71 Å². The maximum Gasteiger partial charge on any atom is 0.106 e. The van der Waals surface area contributed by atoms with Gasteiger partial charge in [-0.1, -0.05) is 28.5 Å².